The lowest BCUT2D eigenvalue weighted by Gasteiger charge is -2.09. The fourth-order valence-electron chi connectivity index (χ4n) is 4.59. The number of carbonyl (C=O) groups excluding carboxylic acids is 1. The first-order valence-electron chi connectivity index (χ1n) is 13.1. The third-order valence-corrected chi connectivity index (χ3v) is 8.30. The molecule has 1 aromatic heterocycles. The van der Waals surface area contributed by atoms with Crippen molar-refractivity contribution in [2.24, 2.45) is 4.99 Å². The molecule has 2 aliphatic heterocycles. The van der Waals surface area contributed by atoms with Crippen LogP contribution in [-0.2, 0) is 16.1 Å². The largest absolute Gasteiger partial charge is 0.506 e. The van der Waals surface area contributed by atoms with E-state index in [0.717, 1.165) is 20.9 Å². The number of halogens is 2. The minimum Gasteiger partial charge on any atom is -0.506 e. The van der Waals surface area contributed by atoms with E-state index in [0.29, 0.717) is 51.1 Å². The maximum atomic E-state index is 12.8. The molecule has 0 amide bonds. The van der Waals surface area contributed by atoms with Crippen LogP contribution in [0.1, 0.15) is 12.5 Å². The Morgan fingerprint density at radius 3 is 2.76 bits per heavy atom. The highest BCUT2D eigenvalue weighted by Crippen LogP contribution is 2.41. The monoisotopic (exact) mass is 666 g/mol. The maximum absolute atomic E-state index is 12.8. The second-order valence-corrected chi connectivity index (χ2v) is 11.6. The summed E-state index contributed by atoms with van der Waals surface area (Å²) in [6.45, 7) is 3.08. The third kappa shape index (κ3) is 5.88. The topological polar surface area (TPSA) is 91.5 Å². The molecule has 0 spiro atoms. The van der Waals surface area contributed by atoms with Crippen molar-refractivity contribution in [3.05, 3.63) is 98.2 Å². The SMILES string of the molecule is CCOC(=O)C1=C(O)/C(=C/c2cn(CCOc3ccc4c(c3)OCO4)c3ccc(Br)cc23)SC1=Nc1ccc(Cl)cc1. The molecule has 4 aromatic rings. The number of aliphatic hydroxyl groups is 1. The summed E-state index contributed by atoms with van der Waals surface area (Å²) in [5, 5.41) is 13.1. The van der Waals surface area contributed by atoms with E-state index in [1.54, 1.807) is 31.2 Å². The van der Waals surface area contributed by atoms with Gasteiger partial charge in [0, 0.05) is 38.2 Å². The molecule has 214 valence electrons. The Hall–Kier alpha value is -3.86. The molecule has 3 heterocycles. The molecule has 11 heteroatoms. The van der Waals surface area contributed by atoms with E-state index in [9.17, 15) is 9.90 Å². The van der Waals surface area contributed by atoms with Crippen molar-refractivity contribution in [3.8, 4) is 17.2 Å². The van der Waals surface area contributed by atoms with Crippen LogP contribution in [0, 0.1) is 0 Å². The number of aliphatic imine (C=N–C) groups is 1. The van der Waals surface area contributed by atoms with E-state index in [-0.39, 0.29) is 24.7 Å². The second-order valence-electron chi connectivity index (χ2n) is 9.25. The van der Waals surface area contributed by atoms with E-state index in [1.165, 1.54) is 11.8 Å². The average Bonchev–Trinajstić information content (AvgIpc) is 3.66. The fraction of sp³-hybridized carbons (Fsp3) is 0.161. The Kier molecular flexibility index (Phi) is 8.19. The van der Waals surface area contributed by atoms with Crippen molar-refractivity contribution in [3.63, 3.8) is 0 Å². The zero-order chi connectivity index (χ0) is 29.2. The predicted molar refractivity (Wildman–Crippen MR) is 168 cm³/mol. The van der Waals surface area contributed by atoms with Crippen molar-refractivity contribution in [2.75, 3.05) is 20.0 Å². The zero-order valence-corrected chi connectivity index (χ0v) is 25.5. The van der Waals surface area contributed by atoms with Gasteiger partial charge in [0.1, 0.15) is 28.7 Å². The number of hydrogen-bond acceptors (Lipinski definition) is 8. The van der Waals surface area contributed by atoms with E-state index in [2.05, 4.69) is 25.5 Å². The summed E-state index contributed by atoms with van der Waals surface area (Å²) in [6.07, 6.45) is 3.85. The standard InChI is InChI=1S/C31H24BrClN2O6S/c1-2-38-31(37)28-29(36)27(42-30(28)34-21-6-4-20(33)5-7-21)13-18-16-35(24-9-3-19(32)14-23(18)24)11-12-39-22-8-10-25-26(15-22)41-17-40-25/h3-10,13-16,36H,2,11-12,17H2,1H3/b27-13-,34-30?. The first-order valence-corrected chi connectivity index (χ1v) is 15.0. The number of hydrogen-bond donors (Lipinski definition) is 1. The van der Waals surface area contributed by atoms with Crippen LogP contribution in [0.2, 0.25) is 5.02 Å². The lowest BCUT2D eigenvalue weighted by molar-refractivity contribution is -0.138. The summed E-state index contributed by atoms with van der Waals surface area (Å²) in [5.74, 6) is 1.26. The molecule has 2 aliphatic rings. The van der Waals surface area contributed by atoms with Gasteiger partial charge in [-0.2, -0.15) is 0 Å². The molecule has 0 saturated heterocycles. The van der Waals surface area contributed by atoms with Crippen LogP contribution in [0.4, 0.5) is 5.69 Å². The summed E-state index contributed by atoms with van der Waals surface area (Å²) in [6, 6.07) is 18.4. The van der Waals surface area contributed by atoms with E-state index in [4.69, 9.17) is 30.5 Å². The Balaban J connectivity index is 1.31. The quantitative estimate of drug-likeness (QED) is 0.190. The van der Waals surface area contributed by atoms with Gasteiger partial charge in [0.2, 0.25) is 6.79 Å². The molecule has 8 nitrogen and oxygen atoms in total. The van der Waals surface area contributed by atoms with E-state index < -0.39 is 5.97 Å². The maximum Gasteiger partial charge on any atom is 0.344 e. The lowest BCUT2D eigenvalue weighted by atomic mass is 10.1. The zero-order valence-electron chi connectivity index (χ0n) is 22.3. The number of fused-ring (bicyclic) bond motifs is 2. The number of carbonyl (C=O) groups is 1. The van der Waals surface area contributed by atoms with Crippen molar-refractivity contribution in [1.29, 1.82) is 0 Å². The Morgan fingerprint density at radius 2 is 1.95 bits per heavy atom. The molecule has 0 atom stereocenters. The van der Waals surface area contributed by atoms with Gasteiger partial charge in [-0.15, -0.1) is 0 Å². The number of aromatic nitrogens is 1. The lowest BCUT2D eigenvalue weighted by Crippen LogP contribution is -2.12. The Labute approximate surface area is 259 Å². The number of nitrogens with zero attached hydrogens (tertiary/aromatic N) is 2. The normalized spacial score (nSPS) is 16.2. The Bertz CT molecular complexity index is 1780. The highest BCUT2D eigenvalue weighted by Gasteiger charge is 2.33. The van der Waals surface area contributed by atoms with Crippen molar-refractivity contribution in [2.45, 2.75) is 13.5 Å². The number of aliphatic hydroxyl groups excluding tert-OH is 1. The summed E-state index contributed by atoms with van der Waals surface area (Å²) < 4.78 is 25.1. The average molecular weight is 668 g/mol. The molecule has 6 rings (SSSR count). The van der Waals surface area contributed by atoms with Crippen LogP contribution in [0.15, 0.2) is 92.6 Å². The molecule has 0 unspecified atom stereocenters. The molecule has 42 heavy (non-hydrogen) atoms. The van der Waals surface area contributed by atoms with Crippen LogP contribution in [0.3, 0.4) is 0 Å². The highest BCUT2D eigenvalue weighted by atomic mass is 79.9. The van der Waals surface area contributed by atoms with Crippen molar-refractivity contribution < 1.29 is 28.8 Å². The van der Waals surface area contributed by atoms with E-state index in [1.807, 2.05) is 48.7 Å². The van der Waals surface area contributed by atoms with Crippen LogP contribution >= 0.6 is 39.3 Å². The van der Waals surface area contributed by atoms with Gasteiger partial charge in [-0.3, -0.25) is 0 Å². The molecule has 0 radical (unpaired) electrons. The Morgan fingerprint density at radius 1 is 1.14 bits per heavy atom. The van der Waals surface area contributed by atoms with Crippen molar-refractivity contribution in [1.82, 2.24) is 4.57 Å². The molecule has 0 bridgehead atoms. The van der Waals surface area contributed by atoms with Crippen LogP contribution in [0.25, 0.3) is 17.0 Å². The molecular formula is C31H24BrClN2O6S. The molecule has 0 aliphatic carbocycles. The summed E-state index contributed by atoms with van der Waals surface area (Å²) in [7, 11) is 0. The first-order chi connectivity index (χ1) is 20.4. The minimum absolute atomic E-state index is 0.0325. The molecule has 0 fully saturated rings. The van der Waals surface area contributed by atoms with Crippen LogP contribution in [-0.4, -0.2) is 40.7 Å². The van der Waals surface area contributed by atoms with Gasteiger partial charge in [0.05, 0.1) is 23.7 Å². The van der Waals surface area contributed by atoms with Gasteiger partial charge in [-0.05, 0) is 67.6 Å². The number of benzene rings is 3. The molecular weight excluding hydrogens is 644 g/mol. The van der Waals surface area contributed by atoms with Crippen LogP contribution < -0.4 is 14.2 Å². The summed E-state index contributed by atoms with van der Waals surface area (Å²) in [5.41, 5.74) is 2.48. The number of esters is 1. The summed E-state index contributed by atoms with van der Waals surface area (Å²) in [4.78, 5) is 17.9. The first kappa shape index (κ1) is 28.3. The van der Waals surface area contributed by atoms with Gasteiger partial charge in [-0.25, -0.2) is 9.79 Å². The van der Waals surface area contributed by atoms with E-state index >= 15 is 0 Å². The van der Waals surface area contributed by atoms with Gasteiger partial charge in [0.15, 0.2) is 11.5 Å². The second kappa shape index (κ2) is 12.2. The number of thioether (sulfide) groups is 1. The third-order valence-electron chi connectivity index (χ3n) is 6.53. The molecule has 3 aromatic carbocycles. The number of ether oxygens (including phenoxy) is 4. The van der Waals surface area contributed by atoms with Gasteiger partial charge in [0.25, 0.3) is 0 Å². The smallest absolute Gasteiger partial charge is 0.344 e. The predicted octanol–water partition coefficient (Wildman–Crippen LogP) is 8.06. The summed E-state index contributed by atoms with van der Waals surface area (Å²) >= 11 is 10.8. The van der Waals surface area contributed by atoms with Crippen LogP contribution in [0.5, 0.6) is 17.2 Å². The fourth-order valence-corrected chi connectivity index (χ4v) is 6.10. The highest BCUT2D eigenvalue weighted by molar-refractivity contribution is 9.10. The van der Waals surface area contributed by atoms with Gasteiger partial charge < -0.3 is 28.6 Å². The number of rotatable bonds is 8. The van der Waals surface area contributed by atoms with Gasteiger partial charge in [-0.1, -0.05) is 39.3 Å². The molecule has 1 N–H and O–H groups in total. The van der Waals surface area contributed by atoms with Crippen molar-refractivity contribution >= 4 is 73.0 Å². The molecule has 0 saturated carbocycles. The van der Waals surface area contributed by atoms with Gasteiger partial charge >= 0.3 is 5.97 Å². The minimum atomic E-state index is -0.635.